The lowest BCUT2D eigenvalue weighted by atomic mass is 9.87. The van der Waals surface area contributed by atoms with Crippen LogP contribution in [0.25, 0.3) is 0 Å². The molecular formula is C14H17NO3. The molecule has 1 amide bonds. The Bertz CT molecular complexity index is 456. The highest BCUT2D eigenvalue weighted by molar-refractivity contribution is 5.81. The maximum absolute atomic E-state index is 11.7. The van der Waals surface area contributed by atoms with Crippen LogP contribution in [0.1, 0.15) is 42.9 Å². The van der Waals surface area contributed by atoms with E-state index in [1.54, 1.807) is 0 Å². The predicted molar refractivity (Wildman–Crippen MR) is 67.1 cm³/mol. The third kappa shape index (κ3) is 3.09. The summed E-state index contributed by atoms with van der Waals surface area (Å²) >= 11 is 0. The number of aryl methyl sites for hydroxylation is 1. The molecule has 2 N–H and O–H groups in total. The number of fused-ring (bicyclic) bond motifs is 1. The summed E-state index contributed by atoms with van der Waals surface area (Å²) in [4.78, 5) is 22.1. The van der Waals surface area contributed by atoms with E-state index in [-0.39, 0.29) is 24.8 Å². The molecule has 18 heavy (non-hydrogen) atoms. The second kappa shape index (κ2) is 5.67. The predicted octanol–water partition coefficient (Wildman–Crippen LogP) is 2.04. The van der Waals surface area contributed by atoms with Crippen molar-refractivity contribution in [3.8, 4) is 0 Å². The molecule has 0 aromatic heterocycles. The maximum atomic E-state index is 11.7. The number of carbonyl (C=O) groups excluding carboxylic acids is 1. The minimum Gasteiger partial charge on any atom is -0.481 e. The summed E-state index contributed by atoms with van der Waals surface area (Å²) in [5.41, 5.74) is 2.46. The van der Waals surface area contributed by atoms with Crippen LogP contribution in [0.5, 0.6) is 0 Å². The van der Waals surface area contributed by atoms with Gasteiger partial charge < -0.3 is 10.4 Å². The number of amides is 1. The smallest absolute Gasteiger partial charge is 0.303 e. The van der Waals surface area contributed by atoms with E-state index < -0.39 is 5.97 Å². The Labute approximate surface area is 106 Å². The van der Waals surface area contributed by atoms with Gasteiger partial charge in [0.1, 0.15) is 0 Å². The first-order valence-corrected chi connectivity index (χ1v) is 6.26. The van der Waals surface area contributed by atoms with Crippen molar-refractivity contribution < 1.29 is 14.7 Å². The summed E-state index contributed by atoms with van der Waals surface area (Å²) in [5.74, 6) is -1.12. The van der Waals surface area contributed by atoms with Crippen molar-refractivity contribution in [2.75, 3.05) is 0 Å². The molecule has 96 valence electrons. The number of rotatable bonds is 4. The Hall–Kier alpha value is -1.84. The summed E-state index contributed by atoms with van der Waals surface area (Å²) in [7, 11) is 0. The van der Waals surface area contributed by atoms with Crippen LogP contribution >= 0.6 is 0 Å². The molecule has 4 heteroatoms. The van der Waals surface area contributed by atoms with E-state index in [0.29, 0.717) is 0 Å². The van der Waals surface area contributed by atoms with Crippen molar-refractivity contribution in [1.29, 1.82) is 0 Å². The summed E-state index contributed by atoms with van der Waals surface area (Å²) in [6.45, 7) is 0. The van der Waals surface area contributed by atoms with Gasteiger partial charge in [0.25, 0.3) is 0 Å². The summed E-state index contributed by atoms with van der Waals surface area (Å²) in [5, 5.41) is 11.5. The van der Waals surface area contributed by atoms with Crippen molar-refractivity contribution in [2.24, 2.45) is 0 Å². The van der Waals surface area contributed by atoms with Crippen LogP contribution in [-0.4, -0.2) is 17.0 Å². The molecule has 0 spiro atoms. The fraction of sp³-hybridized carbons (Fsp3) is 0.429. The van der Waals surface area contributed by atoms with Crippen molar-refractivity contribution in [3.63, 3.8) is 0 Å². The molecule has 4 nitrogen and oxygen atoms in total. The second-order valence-electron chi connectivity index (χ2n) is 4.60. The van der Waals surface area contributed by atoms with E-state index in [0.717, 1.165) is 19.3 Å². The Morgan fingerprint density at radius 3 is 2.83 bits per heavy atom. The van der Waals surface area contributed by atoms with Gasteiger partial charge >= 0.3 is 5.97 Å². The first-order valence-electron chi connectivity index (χ1n) is 6.26. The summed E-state index contributed by atoms with van der Waals surface area (Å²) in [6, 6.07) is 8.14. The van der Waals surface area contributed by atoms with Crippen LogP contribution in [0.2, 0.25) is 0 Å². The first-order chi connectivity index (χ1) is 8.66. The quantitative estimate of drug-likeness (QED) is 0.855. The SMILES string of the molecule is O=C(O)CCC(=O)N[C@H]1CCCc2ccccc21. The molecule has 0 unspecified atom stereocenters. The van der Waals surface area contributed by atoms with E-state index in [1.807, 2.05) is 18.2 Å². The van der Waals surface area contributed by atoms with E-state index >= 15 is 0 Å². The zero-order chi connectivity index (χ0) is 13.0. The lowest BCUT2D eigenvalue weighted by Gasteiger charge is -2.26. The van der Waals surface area contributed by atoms with Crippen molar-refractivity contribution in [3.05, 3.63) is 35.4 Å². The Balaban J connectivity index is 1.98. The number of carboxylic acid groups (broad SMARTS) is 1. The zero-order valence-corrected chi connectivity index (χ0v) is 10.2. The molecule has 0 heterocycles. The topological polar surface area (TPSA) is 66.4 Å². The Kier molecular flexibility index (Phi) is 3.97. The molecule has 0 bridgehead atoms. The normalized spacial score (nSPS) is 17.9. The molecule has 0 saturated carbocycles. The molecule has 0 radical (unpaired) electrons. The largest absolute Gasteiger partial charge is 0.481 e. The fourth-order valence-corrected chi connectivity index (χ4v) is 2.39. The van der Waals surface area contributed by atoms with Gasteiger partial charge in [0.2, 0.25) is 5.91 Å². The number of carbonyl (C=O) groups is 2. The Morgan fingerprint density at radius 1 is 1.28 bits per heavy atom. The van der Waals surface area contributed by atoms with Gasteiger partial charge in [-0.3, -0.25) is 9.59 Å². The average molecular weight is 247 g/mol. The number of benzene rings is 1. The molecule has 1 aromatic carbocycles. The van der Waals surface area contributed by atoms with Gasteiger partial charge in [-0.1, -0.05) is 24.3 Å². The highest BCUT2D eigenvalue weighted by atomic mass is 16.4. The molecule has 1 atom stereocenters. The Morgan fingerprint density at radius 2 is 2.06 bits per heavy atom. The van der Waals surface area contributed by atoms with Gasteiger partial charge in [0.15, 0.2) is 0 Å². The third-order valence-corrected chi connectivity index (χ3v) is 3.27. The van der Waals surface area contributed by atoms with Crippen molar-refractivity contribution in [1.82, 2.24) is 5.32 Å². The van der Waals surface area contributed by atoms with Crippen molar-refractivity contribution in [2.45, 2.75) is 38.1 Å². The molecule has 1 aliphatic rings. The minimum atomic E-state index is -0.936. The monoisotopic (exact) mass is 247 g/mol. The number of carboxylic acids is 1. The van der Waals surface area contributed by atoms with Gasteiger partial charge in [-0.25, -0.2) is 0 Å². The van der Waals surface area contributed by atoms with Gasteiger partial charge in [-0.15, -0.1) is 0 Å². The van der Waals surface area contributed by atoms with Gasteiger partial charge in [0.05, 0.1) is 12.5 Å². The van der Waals surface area contributed by atoms with Crippen LogP contribution < -0.4 is 5.32 Å². The van der Waals surface area contributed by atoms with Crippen LogP contribution in [-0.2, 0) is 16.0 Å². The molecule has 1 aliphatic carbocycles. The second-order valence-corrected chi connectivity index (χ2v) is 4.60. The molecule has 2 rings (SSSR count). The van der Waals surface area contributed by atoms with E-state index in [9.17, 15) is 9.59 Å². The summed E-state index contributed by atoms with van der Waals surface area (Å²) in [6.07, 6.45) is 2.97. The number of aliphatic carboxylic acids is 1. The zero-order valence-electron chi connectivity index (χ0n) is 10.2. The molecular weight excluding hydrogens is 230 g/mol. The van der Waals surface area contributed by atoms with Crippen LogP contribution in [0.3, 0.4) is 0 Å². The van der Waals surface area contributed by atoms with Crippen molar-refractivity contribution >= 4 is 11.9 Å². The standard InChI is InChI=1S/C14H17NO3/c16-13(8-9-14(17)18)15-12-7-3-5-10-4-1-2-6-11(10)12/h1-2,4,6,12H,3,5,7-9H2,(H,15,16)(H,17,18)/t12-/m0/s1. The molecule has 0 saturated heterocycles. The molecule has 0 aliphatic heterocycles. The van der Waals surface area contributed by atoms with Gasteiger partial charge in [-0.05, 0) is 30.4 Å². The van der Waals surface area contributed by atoms with Gasteiger partial charge in [-0.2, -0.15) is 0 Å². The third-order valence-electron chi connectivity index (χ3n) is 3.27. The fourth-order valence-electron chi connectivity index (χ4n) is 2.39. The maximum Gasteiger partial charge on any atom is 0.303 e. The highest BCUT2D eigenvalue weighted by Crippen LogP contribution is 2.29. The average Bonchev–Trinajstić information content (AvgIpc) is 2.37. The van der Waals surface area contributed by atoms with Crippen LogP contribution in [0, 0.1) is 0 Å². The molecule has 0 fully saturated rings. The summed E-state index contributed by atoms with van der Waals surface area (Å²) < 4.78 is 0. The first kappa shape index (κ1) is 12.6. The minimum absolute atomic E-state index is 0.0382. The number of hydrogen-bond acceptors (Lipinski definition) is 2. The lowest BCUT2D eigenvalue weighted by molar-refractivity contribution is -0.138. The molecule has 1 aromatic rings. The number of hydrogen-bond donors (Lipinski definition) is 2. The van der Waals surface area contributed by atoms with Gasteiger partial charge in [0, 0.05) is 6.42 Å². The highest BCUT2D eigenvalue weighted by Gasteiger charge is 2.21. The van der Waals surface area contributed by atoms with Crippen LogP contribution in [0.4, 0.5) is 0 Å². The van der Waals surface area contributed by atoms with E-state index in [4.69, 9.17) is 5.11 Å². The van der Waals surface area contributed by atoms with E-state index in [2.05, 4.69) is 11.4 Å². The van der Waals surface area contributed by atoms with E-state index in [1.165, 1.54) is 11.1 Å². The lowest BCUT2D eigenvalue weighted by Crippen LogP contribution is -2.31. The number of nitrogens with one attached hydrogen (secondary N) is 1. The van der Waals surface area contributed by atoms with Crippen LogP contribution in [0.15, 0.2) is 24.3 Å².